The molecule has 2 atom stereocenters. The molecular formula is C25H22N2O4. The fourth-order valence-electron chi connectivity index (χ4n) is 4.09. The zero-order valence-corrected chi connectivity index (χ0v) is 16.8. The van der Waals surface area contributed by atoms with Crippen molar-refractivity contribution in [3.05, 3.63) is 89.6 Å². The molecule has 2 heterocycles. The molecule has 1 aliphatic rings. The van der Waals surface area contributed by atoms with E-state index in [-0.39, 0.29) is 18.4 Å². The van der Waals surface area contributed by atoms with Crippen molar-refractivity contribution in [3.63, 3.8) is 0 Å². The highest BCUT2D eigenvalue weighted by Gasteiger charge is 2.27. The Kier molecular flexibility index (Phi) is 5.04. The molecule has 0 saturated carbocycles. The van der Waals surface area contributed by atoms with Crippen molar-refractivity contribution < 1.29 is 19.4 Å². The van der Waals surface area contributed by atoms with Gasteiger partial charge in [-0.15, -0.1) is 0 Å². The van der Waals surface area contributed by atoms with Gasteiger partial charge in [0.05, 0.1) is 24.7 Å². The van der Waals surface area contributed by atoms with E-state index in [2.05, 4.69) is 34.5 Å². The molecule has 6 nitrogen and oxygen atoms in total. The molecule has 0 radical (unpaired) electrons. The number of fused-ring (bicyclic) bond motifs is 2. The maximum absolute atomic E-state index is 11.1. The van der Waals surface area contributed by atoms with E-state index >= 15 is 0 Å². The van der Waals surface area contributed by atoms with Crippen LogP contribution >= 0.6 is 0 Å². The summed E-state index contributed by atoms with van der Waals surface area (Å²) in [6.07, 6.45) is 2.37. The third-order valence-electron chi connectivity index (χ3n) is 5.67. The number of aromatic amines is 1. The molecule has 0 amide bonds. The van der Waals surface area contributed by atoms with Gasteiger partial charge in [0.2, 0.25) is 0 Å². The molecule has 0 spiro atoms. The first kappa shape index (κ1) is 19.2. The summed E-state index contributed by atoms with van der Waals surface area (Å²) in [6, 6.07) is 22.1. The van der Waals surface area contributed by atoms with Gasteiger partial charge in [0, 0.05) is 29.4 Å². The number of nitrogens with zero attached hydrogens (tertiary/aromatic N) is 1. The summed E-state index contributed by atoms with van der Waals surface area (Å²) < 4.78 is 12.2. The molecular weight excluding hydrogens is 392 g/mol. The van der Waals surface area contributed by atoms with Crippen LogP contribution in [0, 0.1) is 0 Å². The average molecular weight is 414 g/mol. The number of ether oxygens (including phenoxy) is 2. The lowest BCUT2D eigenvalue weighted by Crippen LogP contribution is -2.11. The highest BCUT2D eigenvalue weighted by atomic mass is 16.5. The lowest BCUT2D eigenvalue weighted by molar-refractivity contribution is -0.137. The first-order chi connectivity index (χ1) is 15.2. The maximum Gasteiger partial charge on any atom is 0.304 e. The van der Waals surface area contributed by atoms with Gasteiger partial charge < -0.3 is 14.6 Å². The van der Waals surface area contributed by atoms with Gasteiger partial charge in [-0.1, -0.05) is 48.5 Å². The fourth-order valence-corrected chi connectivity index (χ4v) is 4.09. The van der Waals surface area contributed by atoms with E-state index in [0.717, 1.165) is 22.0 Å². The largest absolute Gasteiger partial charge is 0.492 e. The number of aromatic nitrogens is 2. The molecule has 4 aromatic rings. The van der Waals surface area contributed by atoms with E-state index in [4.69, 9.17) is 14.6 Å². The minimum Gasteiger partial charge on any atom is -0.492 e. The van der Waals surface area contributed by atoms with Gasteiger partial charge in [-0.3, -0.25) is 9.89 Å². The van der Waals surface area contributed by atoms with Gasteiger partial charge in [0.1, 0.15) is 17.6 Å². The minimum absolute atomic E-state index is 0.0635. The van der Waals surface area contributed by atoms with E-state index in [0.29, 0.717) is 24.5 Å². The van der Waals surface area contributed by atoms with Crippen LogP contribution in [-0.4, -0.2) is 27.9 Å². The number of carboxylic acid groups (broad SMARTS) is 1. The quantitative estimate of drug-likeness (QED) is 0.450. The Balaban J connectivity index is 1.44. The number of carboxylic acids is 1. The Morgan fingerprint density at radius 2 is 2.03 bits per heavy atom. The average Bonchev–Trinajstić information content (AvgIpc) is 3.40. The Morgan fingerprint density at radius 1 is 1.16 bits per heavy atom. The van der Waals surface area contributed by atoms with Crippen LogP contribution in [0.25, 0.3) is 10.9 Å². The Bertz CT molecular complexity index is 1220. The highest BCUT2D eigenvalue weighted by Crippen LogP contribution is 2.39. The zero-order valence-electron chi connectivity index (χ0n) is 16.8. The number of H-pyrrole nitrogens is 1. The fraction of sp³-hybridized carbons (Fsp3) is 0.200. The lowest BCUT2D eigenvalue weighted by atomic mass is 9.97. The summed E-state index contributed by atoms with van der Waals surface area (Å²) in [5.74, 6) is 0.454. The number of carbonyl (C=O) groups is 1. The molecule has 0 saturated heterocycles. The van der Waals surface area contributed by atoms with Gasteiger partial charge in [-0.25, -0.2) is 0 Å². The normalized spacial score (nSPS) is 15.9. The Hall–Kier alpha value is -3.80. The van der Waals surface area contributed by atoms with Gasteiger partial charge in [-0.2, -0.15) is 5.10 Å². The molecule has 6 heteroatoms. The number of hydrogen-bond acceptors (Lipinski definition) is 4. The van der Waals surface area contributed by atoms with Crippen molar-refractivity contribution >= 4 is 16.9 Å². The van der Waals surface area contributed by atoms with Gasteiger partial charge >= 0.3 is 5.97 Å². The Labute approximate surface area is 179 Å². The Morgan fingerprint density at radius 3 is 2.87 bits per heavy atom. The third kappa shape index (κ3) is 4.10. The molecule has 1 aliphatic heterocycles. The van der Waals surface area contributed by atoms with Crippen LogP contribution in [0.4, 0.5) is 0 Å². The summed E-state index contributed by atoms with van der Waals surface area (Å²) in [4.78, 5) is 11.1. The smallest absolute Gasteiger partial charge is 0.304 e. The molecule has 1 aromatic heterocycles. The van der Waals surface area contributed by atoms with Crippen molar-refractivity contribution in [2.24, 2.45) is 0 Å². The SMILES string of the molecule is O=C(O)CC1COc2cc(OC(Cc3ccccc3)c3ccc4cn[nH]c4c3)ccc21. The molecule has 0 aliphatic carbocycles. The van der Waals surface area contributed by atoms with Crippen LogP contribution in [0.15, 0.2) is 72.9 Å². The van der Waals surface area contributed by atoms with E-state index < -0.39 is 5.97 Å². The van der Waals surface area contributed by atoms with Crippen molar-refractivity contribution in [2.45, 2.75) is 24.9 Å². The standard InChI is InChI=1S/C25H22N2O4/c28-25(29)12-19-15-30-24-13-20(8-9-21(19)24)31-23(10-16-4-2-1-3-5-16)17-6-7-18-14-26-27-22(18)11-17/h1-9,11,13-14,19,23H,10,12,15H2,(H,26,27)(H,28,29). The van der Waals surface area contributed by atoms with Crippen molar-refractivity contribution in [1.82, 2.24) is 10.2 Å². The van der Waals surface area contributed by atoms with Crippen molar-refractivity contribution in [3.8, 4) is 11.5 Å². The van der Waals surface area contributed by atoms with E-state index in [1.807, 2.05) is 42.5 Å². The first-order valence-corrected chi connectivity index (χ1v) is 10.3. The third-order valence-corrected chi connectivity index (χ3v) is 5.67. The number of nitrogens with one attached hydrogen (secondary N) is 1. The van der Waals surface area contributed by atoms with Crippen molar-refractivity contribution in [1.29, 1.82) is 0 Å². The topological polar surface area (TPSA) is 84.4 Å². The summed E-state index contributed by atoms with van der Waals surface area (Å²) in [7, 11) is 0. The van der Waals surface area contributed by atoms with Crippen LogP contribution in [0.5, 0.6) is 11.5 Å². The van der Waals surface area contributed by atoms with Crippen molar-refractivity contribution in [2.75, 3.05) is 6.61 Å². The van der Waals surface area contributed by atoms with Crippen LogP contribution in [0.3, 0.4) is 0 Å². The number of aliphatic carboxylic acids is 1. The second-order valence-electron chi connectivity index (χ2n) is 7.82. The summed E-state index contributed by atoms with van der Waals surface area (Å²) in [5.41, 5.74) is 4.11. The lowest BCUT2D eigenvalue weighted by Gasteiger charge is -2.20. The predicted octanol–water partition coefficient (Wildman–Crippen LogP) is 4.88. The molecule has 5 rings (SSSR count). The number of benzene rings is 3. The number of rotatable bonds is 7. The summed E-state index contributed by atoms with van der Waals surface area (Å²) in [6.45, 7) is 0.384. The molecule has 2 unspecified atom stereocenters. The van der Waals surface area contributed by atoms with Gasteiger partial charge in [0.25, 0.3) is 0 Å². The van der Waals surface area contributed by atoms with E-state index in [9.17, 15) is 4.79 Å². The van der Waals surface area contributed by atoms with Gasteiger partial charge in [-0.05, 0) is 23.3 Å². The summed E-state index contributed by atoms with van der Waals surface area (Å²) >= 11 is 0. The highest BCUT2D eigenvalue weighted by molar-refractivity contribution is 5.78. The van der Waals surface area contributed by atoms with E-state index in [1.165, 1.54) is 5.56 Å². The first-order valence-electron chi connectivity index (χ1n) is 10.3. The molecule has 0 bridgehead atoms. The molecule has 0 fully saturated rings. The molecule has 3 aromatic carbocycles. The van der Waals surface area contributed by atoms with E-state index in [1.54, 1.807) is 6.20 Å². The second-order valence-corrected chi connectivity index (χ2v) is 7.82. The molecule has 31 heavy (non-hydrogen) atoms. The van der Waals surface area contributed by atoms with Crippen LogP contribution in [0.1, 0.15) is 35.1 Å². The summed E-state index contributed by atoms with van der Waals surface area (Å²) in [5, 5.41) is 17.3. The molecule has 156 valence electrons. The maximum atomic E-state index is 11.1. The van der Waals surface area contributed by atoms with Gasteiger partial charge in [0.15, 0.2) is 0 Å². The molecule has 2 N–H and O–H groups in total. The second kappa shape index (κ2) is 8.14. The van der Waals surface area contributed by atoms with Crippen LogP contribution < -0.4 is 9.47 Å². The predicted molar refractivity (Wildman–Crippen MR) is 117 cm³/mol. The number of hydrogen-bond donors (Lipinski definition) is 2. The monoisotopic (exact) mass is 414 g/mol. The minimum atomic E-state index is -0.820. The van der Waals surface area contributed by atoms with Crippen LogP contribution in [0.2, 0.25) is 0 Å². The van der Waals surface area contributed by atoms with Crippen LogP contribution in [-0.2, 0) is 11.2 Å². The zero-order chi connectivity index (χ0) is 21.2.